The molecular formula is C26H27N3O2. The number of amides is 3. The monoisotopic (exact) mass is 413 g/mol. The van der Waals surface area contributed by atoms with Crippen molar-refractivity contribution in [3.63, 3.8) is 0 Å². The fraction of sp³-hybridized carbons (Fsp3) is 0.231. The highest BCUT2D eigenvalue weighted by Gasteiger charge is 2.31. The van der Waals surface area contributed by atoms with Gasteiger partial charge in [0.2, 0.25) is 0 Å². The highest BCUT2D eigenvalue weighted by atomic mass is 16.2. The standard InChI is InChI=1S/C26H27N3O2/c1-19-16-23-13-12-21(17-24(23)29(19)25(30)22-10-6-3-7-11-22)18-28-26(31)27-15-14-20-8-4-2-5-9-20/h2-13,17,19H,14-16,18H2,1H3,(H2,27,28,31)/t19-/m1/s1. The predicted molar refractivity (Wildman–Crippen MR) is 123 cm³/mol. The molecule has 1 heterocycles. The maximum absolute atomic E-state index is 13.1. The summed E-state index contributed by atoms with van der Waals surface area (Å²) in [5, 5.41) is 5.80. The van der Waals surface area contributed by atoms with E-state index in [4.69, 9.17) is 0 Å². The Hall–Kier alpha value is -3.60. The lowest BCUT2D eigenvalue weighted by molar-refractivity contribution is 0.0981. The molecule has 0 aliphatic carbocycles. The second-order valence-corrected chi connectivity index (χ2v) is 7.90. The minimum Gasteiger partial charge on any atom is -0.338 e. The number of hydrogen-bond donors (Lipinski definition) is 2. The number of rotatable bonds is 6. The minimum absolute atomic E-state index is 0.00983. The first kappa shape index (κ1) is 20.7. The van der Waals surface area contributed by atoms with Crippen LogP contribution in [0.5, 0.6) is 0 Å². The molecule has 1 atom stereocenters. The number of benzene rings is 3. The number of nitrogens with one attached hydrogen (secondary N) is 2. The summed E-state index contributed by atoms with van der Waals surface area (Å²) in [5.41, 5.74) is 4.94. The van der Waals surface area contributed by atoms with E-state index in [1.165, 1.54) is 5.56 Å². The Kier molecular flexibility index (Phi) is 6.32. The van der Waals surface area contributed by atoms with Crippen LogP contribution in [0, 0.1) is 0 Å². The molecule has 3 aromatic rings. The van der Waals surface area contributed by atoms with E-state index in [1.54, 1.807) is 0 Å². The quantitative estimate of drug-likeness (QED) is 0.632. The first-order valence-corrected chi connectivity index (χ1v) is 10.7. The number of fused-ring (bicyclic) bond motifs is 1. The zero-order valence-corrected chi connectivity index (χ0v) is 17.7. The fourth-order valence-electron chi connectivity index (χ4n) is 4.00. The molecule has 5 nitrogen and oxygen atoms in total. The van der Waals surface area contributed by atoms with Gasteiger partial charge in [0.05, 0.1) is 0 Å². The normalized spacial score (nSPS) is 14.7. The molecular weight excluding hydrogens is 386 g/mol. The van der Waals surface area contributed by atoms with Crippen molar-refractivity contribution in [3.05, 3.63) is 101 Å². The first-order valence-electron chi connectivity index (χ1n) is 10.7. The zero-order chi connectivity index (χ0) is 21.6. The van der Waals surface area contributed by atoms with Gasteiger partial charge >= 0.3 is 6.03 Å². The van der Waals surface area contributed by atoms with E-state index in [2.05, 4.69) is 23.6 Å². The van der Waals surface area contributed by atoms with Crippen LogP contribution in [-0.4, -0.2) is 24.5 Å². The first-order chi connectivity index (χ1) is 15.1. The minimum atomic E-state index is -0.193. The molecule has 0 unspecified atom stereocenters. The van der Waals surface area contributed by atoms with Crippen molar-refractivity contribution in [1.29, 1.82) is 0 Å². The molecule has 0 spiro atoms. The summed E-state index contributed by atoms with van der Waals surface area (Å²) in [5.74, 6) is 0.00983. The van der Waals surface area contributed by atoms with Crippen molar-refractivity contribution < 1.29 is 9.59 Å². The molecule has 158 valence electrons. The van der Waals surface area contributed by atoms with Gasteiger partial charge in [-0.25, -0.2) is 4.79 Å². The zero-order valence-electron chi connectivity index (χ0n) is 17.7. The van der Waals surface area contributed by atoms with E-state index in [1.807, 2.05) is 77.7 Å². The van der Waals surface area contributed by atoms with Gasteiger partial charge in [-0.2, -0.15) is 0 Å². The second kappa shape index (κ2) is 9.47. The van der Waals surface area contributed by atoms with Crippen LogP contribution in [0.2, 0.25) is 0 Å². The summed E-state index contributed by atoms with van der Waals surface area (Å²) in [7, 11) is 0. The SMILES string of the molecule is C[C@@H]1Cc2ccc(CNC(=O)NCCc3ccccc3)cc2N1C(=O)c1ccccc1. The fourth-order valence-corrected chi connectivity index (χ4v) is 4.00. The van der Waals surface area contributed by atoms with Gasteiger partial charge in [0.25, 0.3) is 5.91 Å². The third kappa shape index (κ3) is 4.94. The Balaban J connectivity index is 1.36. The van der Waals surface area contributed by atoms with E-state index in [0.29, 0.717) is 18.7 Å². The van der Waals surface area contributed by atoms with E-state index >= 15 is 0 Å². The van der Waals surface area contributed by atoms with Crippen LogP contribution in [-0.2, 0) is 19.4 Å². The van der Waals surface area contributed by atoms with Crippen molar-refractivity contribution in [2.75, 3.05) is 11.4 Å². The summed E-state index contributed by atoms with van der Waals surface area (Å²) in [6, 6.07) is 25.4. The lowest BCUT2D eigenvalue weighted by Gasteiger charge is -2.23. The average Bonchev–Trinajstić information content (AvgIpc) is 3.13. The molecule has 5 heteroatoms. The van der Waals surface area contributed by atoms with E-state index in [0.717, 1.165) is 29.7 Å². The number of urea groups is 1. The molecule has 1 aliphatic heterocycles. The maximum Gasteiger partial charge on any atom is 0.315 e. The van der Waals surface area contributed by atoms with Gasteiger partial charge in [0, 0.05) is 30.4 Å². The van der Waals surface area contributed by atoms with Gasteiger partial charge in [0.1, 0.15) is 0 Å². The highest BCUT2D eigenvalue weighted by molar-refractivity contribution is 6.07. The van der Waals surface area contributed by atoms with Gasteiger partial charge in [0.15, 0.2) is 0 Å². The molecule has 4 rings (SSSR count). The molecule has 0 saturated carbocycles. The van der Waals surface area contributed by atoms with Gasteiger partial charge in [-0.05, 0) is 54.7 Å². The molecule has 0 aromatic heterocycles. The molecule has 0 bridgehead atoms. The molecule has 2 N–H and O–H groups in total. The van der Waals surface area contributed by atoms with Crippen LogP contribution in [0.3, 0.4) is 0 Å². The molecule has 0 saturated heterocycles. The lowest BCUT2D eigenvalue weighted by atomic mass is 10.1. The van der Waals surface area contributed by atoms with Gasteiger partial charge in [-0.3, -0.25) is 4.79 Å². The number of anilines is 1. The van der Waals surface area contributed by atoms with Crippen LogP contribution in [0.15, 0.2) is 78.9 Å². The summed E-state index contributed by atoms with van der Waals surface area (Å²) >= 11 is 0. The van der Waals surface area contributed by atoms with Crippen molar-refractivity contribution in [1.82, 2.24) is 10.6 Å². The van der Waals surface area contributed by atoms with E-state index in [-0.39, 0.29) is 18.0 Å². The Morgan fingerprint density at radius 3 is 2.35 bits per heavy atom. The van der Waals surface area contributed by atoms with Gasteiger partial charge < -0.3 is 15.5 Å². The molecule has 31 heavy (non-hydrogen) atoms. The third-order valence-electron chi connectivity index (χ3n) is 5.60. The highest BCUT2D eigenvalue weighted by Crippen LogP contribution is 2.34. The van der Waals surface area contributed by atoms with Crippen molar-refractivity contribution in [2.45, 2.75) is 32.4 Å². The van der Waals surface area contributed by atoms with Crippen molar-refractivity contribution >= 4 is 17.6 Å². The largest absolute Gasteiger partial charge is 0.338 e. The molecule has 0 radical (unpaired) electrons. The number of carbonyl (C=O) groups excluding carboxylic acids is 2. The van der Waals surface area contributed by atoms with Crippen LogP contribution in [0.1, 0.15) is 34.0 Å². The van der Waals surface area contributed by atoms with Crippen molar-refractivity contribution in [3.8, 4) is 0 Å². The molecule has 0 fully saturated rings. The van der Waals surface area contributed by atoms with Gasteiger partial charge in [-0.1, -0.05) is 60.7 Å². The van der Waals surface area contributed by atoms with Crippen molar-refractivity contribution in [2.24, 2.45) is 0 Å². The smallest absolute Gasteiger partial charge is 0.315 e. The Labute approximate surface area is 183 Å². The second-order valence-electron chi connectivity index (χ2n) is 7.90. The lowest BCUT2D eigenvalue weighted by Crippen LogP contribution is -2.36. The average molecular weight is 414 g/mol. The van der Waals surface area contributed by atoms with Crippen LogP contribution >= 0.6 is 0 Å². The van der Waals surface area contributed by atoms with Crippen LogP contribution in [0.4, 0.5) is 10.5 Å². The van der Waals surface area contributed by atoms with E-state index < -0.39 is 0 Å². The molecule has 3 aromatic carbocycles. The summed E-state index contributed by atoms with van der Waals surface area (Å²) in [4.78, 5) is 27.1. The Morgan fingerprint density at radius 1 is 0.903 bits per heavy atom. The summed E-state index contributed by atoms with van der Waals surface area (Å²) in [6.07, 6.45) is 1.63. The third-order valence-corrected chi connectivity index (χ3v) is 5.60. The number of hydrogen-bond acceptors (Lipinski definition) is 2. The topological polar surface area (TPSA) is 61.4 Å². The van der Waals surface area contributed by atoms with Crippen LogP contribution in [0.25, 0.3) is 0 Å². The Morgan fingerprint density at radius 2 is 1.61 bits per heavy atom. The number of carbonyl (C=O) groups is 2. The summed E-state index contributed by atoms with van der Waals surface area (Å²) < 4.78 is 0. The maximum atomic E-state index is 13.1. The molecule has 3 amide bonds. The summed E-state index contributed by atoms with van der Waals surface area (Å²) in [6.45, 7) is 3.06. The van der Waals surface area contributed by atoms with Gasteiger partial charge in [-0.15, -0.1) is 0 Å². The van der Waals surface area contributed by atoms with Crippen LogP contribution < -0.4 is 15.5 Å². The molecule has 1 aliphatic rings. The van der Waals surface area contributed by atoms with E-state index in [9.17, 15) is 9.59 Å². The number of nitrogens with zero attached hydrogens (tertiary/aromatic N) is 1. The Bertz CT molecular complexity index is 1050. The predicted octanol–water partition coefficient (Wildman–Crippen LogP) is 4.32.